The first-order valence-electron chi connectivity index (χ1n) is 4.48. The Bertz CT molecular complexity index is 479. The number of aldehydes is 1. The Hall–Kier alpha value is -2.03. The van der Waals surface area contributed by atoms with Crippen LogP contribution in [0.3, 0.4) is 0 Å². The Kier molecular flexibility index (Phi) is 2.54. The molecule has 0 saturated heterocycles. The maximum atomic E-state index is 12.8. The number of pyridine rings is 1. The van der Waals surface area contributed by atoms with E-state index in [-0.39, 0.29) is 0 Å². The Morgan fingerprint density at radius 3 is 2.40 bits per heavy atom. The van der Waals surface area contributed by atoms with Crippen LogP contribution in [0, 0.1) is 5.95 Å². The van der Waals surface area contributed by atoms with Crippen LogP contribution in [0.4, 0.5) is 4.39 Å². The lowest BCUT2D eigenvalue weighted by molar-refractivity contribution is 0.112. The fourth-order valence-electron chi connectivity index (χ4n) is 1.30. The number of rotatable bonds is 2. The normalized spacial score (nSPS) is 9.93. The summed E-state index contributed by atoms with van der Waals surface area (Å²) in [5.74, 6) is -0.507. The Labute approximate surface area is 86.4 Å². The molecule has 2 nitrogen and oxygen atoms in total. The molecule has 0 N–H and O–H groups in total. The molecule has 0 radical (unpaired) electrons. The third kappa shape index (κ3) is 2.07. The van der Waals surface area contributed by atoms with Crippen LogP contribution in [0.2, 0.25) is 0 Å². The molecule has 0 aliphatic heterocycles. The Morgan fingerprint density at radius 1 is 1.07 bits per heavy atom. The van der Waals surface area contributed by atoms with E-state index < -0.39 is 5.95 Å². The molecule has 0 bridgehead atoms. The van der Waals surface area contributed by atoms with Crippen LogP contribution in [0.1, 0.15) is 10.4 Å². The molecule has 0 spiro atoms. The van der Waals surface area contributed by atoms with Crippen LogP contribution in [-0.2, 0) is 0 Å². The number of halogens is 1. The third-order valence-corrected chi connectivity index (χ3v) is 2.06. The molecule has 0 atom stereocenters. The van der Waals surface area contributed by atoms with E-state index in [1.165, 1.54) is 6.07 Å². The number of benzene rings is 1. The molecule has 1 aromatic heterocycles. The highest BCUT2D eigenvalue weighted by Crippen LogP contribution is 2.16. The van der Waals surface area contributed by atoms with E-state index in [2.05, 4.69) is 4.98 Å². The summed E-state index contributed by atoms with van der Waals surface area (Å²) >= 11 is 0. The molecule has 0 aliphatic carbocycles. The SMILES string of the molecule is O=Cc1ccc(-c2cccc(F)n2)cc1. The lowest BCUT2D eigenvalue weighted by Gasteiger charge is -2.00. The zero-order valence-electron chi connectivity index (χ0n) is 7.85. The van der Waals surface area contributed by atoms with Gasteiger partial charge in [-0.15, -0.1) is 0 Å². The maximum Gasteiger partial charge on any atom is 0.213 e. The van der Waals surface area contributed by atoms with Gasteiger partial charge in [0.15, 0.2) is 0 Å². The highest BCUT2D eigenvalue weighted by molar-refractivity contribution is 5.76. The van der Waals surface area contributed by atoms with Crippen molar-refractivity contribution in [1.82, 2.24) is 4.98 Å². The predicted molar refractivity (Wildman–Crippen MR) is 55.0 cm³/mol. The number of carbonyl (C=O) groups is 1. The van der Waals surface area contributed by atoms with E-state index in [0.29, 0.717) is 11.3 Å². The van der Waals surface area contributed by atoms with Gasteiger partial charge in [0, 0.05) is 11.1 Å². The Balaban J connectivity index is 2.41. The smallest absolute Gasteiger partial charge is 0.213 e. The van der Waals surface area contributed by atoms with Gasteiger partial charge >= 0.3 is 0 Å². The standard InChI is InChI=1S/C12H8FNO/c13-12-3-1-2-11(14-12)10-6-4-9(8-15)5-7-10/h1-8H. The molecule has 0 unspecified atom stereocenters. The summed E-state index contributed by atoms with van der Waals surface area (Å²) in [6.45, 7) is 0. The molecule has 3 heteroatoms. The maximum absolute atomic E-state index is 12.8. The summed E-state index contributed by atoms with van der Waals surface area (Å²) in [6.07, 6.45) is 0.767. The monoisotopic (exact) mass is 201 g/mol. The molecule has 2 aromatic rings. The van der Waals surface area contributed by atoms with Crippen LogP contribution in [0.5, 0.6) is 0 Å². The first-order chi connectivity index (χ1) is 7.29. The molecule has 0 saturated carbocycles. The van der Waals surface area contributed by atoms with Crippen molar-refractivity contribution in [3.63, 3.8) is 0 Å². The lowest BCUT2D eigenvalue weighted by Crippen LogP contribution is -1.87. The number of nitrogens with zero attached hydrogens (tertiary/aromatic N) is 1. The fraction of sp³-hybridized carbons (Fsp3) is 0. The van der Waals surface area contributed by atoms with E-state index in [9.17, 15) is 9.18 Å². The van der Waals surface area contributed by atoms with Gasteiger partial charge in [0.25, 0.3) is 0 Å². The Morgan fingerprint density at radius 2 is 1.80 bits per heavy atom. The van der Waals surface area contributed by atoms with Crippen molar-refractivity contribution in [2.24, 2.45) is 0 Å². The van der Waals surface area contributed by atoms with E-state index >= 15 is 0 Å². The molecule has 0 amide bonds. The van der Waals surface area contributed by atoms with Crippen molar-refractivity contribution in [3.05, 3.63) is 54.0 Å². The van der Waals surface area contributed by atoms with Crippen LogP contribution in [0.25, 0.3) is 11.3 Å². The third-order valence-electron chi connectivity index (χ3n) is 2.06. The zero-order valence-corrected chi connectivity index (χ0v) is 7.85. The minimum absolute atomic E-state index is 0.507. The van der Waals surface area contributed by atoms with Crippen LogP contribution in [0.15, 0.2) is 42.5 Å². The average molecular weight is 201 g/mol. The largest absolute Gasteiger partial charge is 0.298 e. The number of hydrogen-bond acceptors (Lipinski definition) is 2. The molecular formula is C12H8FNO. The molecule has 2 rings (SSSR count). The van der Waals surface area contributed by atoms with E-state index in [0.717, 1.165) is 11.8 Å². The first kappa shape index (κ1) is 9.52. The minimum atomic E-state index is -0.507. The summed E-state index contributed by atoms with van der Waals surface area (Å²) in [5.41, 5.74) is 1.95. The predicted octanol–water partition coefficient (Wildman–Crippen LogP) is 2.70. The van der Waals surface area contributed by atoms with Gasteiger partial charge in [0.05, 0.1) is 5.69 Å². The molecule has 1 heterocycles. The van der Waals surface area contributed by atoms with Gasteiger partial charge in [0.2, 0.25) is 5.95 Å². The minimum Gasteiger partial charge on any atom is -0.298 e. The van der Waals surface area contributed by atoms with Crippen molar-refractivity contribution >= 4 is 6.29 Å². The molecule has 15 heavy (non-hydrogen) atoms. The topological polar surface area (TPSA) is 30.0 Å². The second-order valence-electron chi connectivity index (χ2n) is 3.09. The van der Waals surface area contributed by atoms with Gasteiger partial charge in [-0.3, -0.25) is 4.79 Å². The second kappa shape index (κ2) is 4.00. The number of aromatic nitrogens is 1. The van der Waals surface area contributed by atoms with Crippen LogP contribution < -0.4 is 0 Å². The molecule has 74 valence electrons. The molecule has 0 fully saturated rings. The molecular weight excluding hydrogens is 193 g/mol. The molecule has 1 aromatic carbocycles. The number of carbonyl (C=O) groups excluding carboxylic acids is 1. The summed E-state index contributed by atoms with van der Waals surface area (Å²) in [5, 5.41) is 0. The van der Waals surface area contributed by atoms with Crippen molar-refractivity contribution in [3.8, 4) is 11.3 Å². The van der Waals surface area contributed by atoms with Crippen LogP contribution in [-0.4, -0.2) is 11.3 Å². The van der Waals surface area contributed by atoms with Gasteiger partial charge < -0.3 is 0 Å². The van der Waals surface area contributed by atoms with Crippen molar-refractivity contribution < 1.29 is 9.18 Å². The lowest BCUT2D eigenvalue weighted by atomic mass is 10.1. The quantitative estimate of drug-likeness (QED) is 0.552. The zero-order chi connectivity index (χ0) is 10.7. The highest BCUT2D eigenvalue weighted by atomic mass is 19.1. The summed E-state index contributed by atoms with van der Waals surface area (Å²) < 4.78 is 12.8. The van der Waals surface area contributed by atoms with E-state index in [1.54, 1.807) is 36.4 Å². The summed E-state index contributed by atoms with van der Waals surface area (Å²) in [4.78, 5) is 14.2. The number of hydrogen-bond donors (Lipinski definition) is 0. The fourth-order valence-corrected chi connectivity index (χ4v) is 1.30. The highest BCUT2D eigenvalue weighted by Gasteiger charge is 2.00. The van der Waals surface area contributed by atoms with Gasteiger partial charge in [-0.2, -0.15) is 4.39 Å². The summed E-state index contributed by atoms with van der Waals surface area (Å²) in [6, 6.07) is 11.5. The molecule has 0 aliphatic rings. The van der Waals surface area contributed by atoms with Gasteiger partial charge in [-0.1, -0.05) is 30.3 Å². The second-order valence-corrected chi connectivity index (χ2v) is 3.09. The van der Waals surface area contributed by atoms with Crippen LogP contribution >= 0.6 is 0 Å². The first-order valence-corrected chi connectivity index (χ1v) is 4.48. The average Bonchev–Trinajstić information content (AvgIpc) is 2.29. The van der Waals surface area contributed by atoms with Crippen molar-refractivity contribution in [2.75, 3.05) is 0 Å². The van der Waals surface area contributed by atoms with E-state index in [4.69, 9.17) is 0 Å². The van der Waals surface area contributed by atoms with Crippen molar-refractivity contribution in [2.45, 2.75) is 0 Å². The summed E-state index contributed by atoms with van der Waals surface area (Å²) in [7, 11) is 0. The van der Waals surface area contributed by atoms with E-state index in [1.807, 2.05) is 0 Å². The van der Waals surface area contributed by atoms with Gasteiger partial charge in [-0.05, 0) is 12.1 Å². The van der Waals surface area contributed by atoms with Crippen molar-refractivity contribution in [1.29, 1.82) is 0 Å². The van der Waals surface area contributed by atoms with Gasteiger partial charge in [-0.25, -0.2) is 4.98 Å². The van der Waals surface area contributed by atoms with Gasteiger partial charge in [0.1, 0.15) is 6.29 Å².